The smallest absolute Gasteiger partial charge is 0.189 e. The van der Waals surface area contributed by atoms with Crippen molar-refractivity contribution in [1.29, 1.82) is 5.26 Å². The largest absolute Gasteiger partial charge is 0.195 e. The molecule has 0 aliphatic rings. The Balaban J connectivity index is 1.33. The fourth-order valence-corrected chi connectivity index (χ4v) is 5.02. The molecule has 6 aromatic rings. The van der Waals surface area contributed by atoms with E-state index in [-0.39, 0.29) is 6.04 Å². The highest BCUT2D eigenvalue weighted by Gasteiger charge is 2.27. The van der Waals surface area contributed by atoms with Crippen LogP contribution in [0.5, 0.6) is 0 Å². The van der Waals surface area contributed by atoms with Crippen molar-refractivity contribution in [1.82, 2.24) is 0 Å². The van der Waals surface area contributed by atoms with Gasteiger partial charge in [0.2, 0.25) is 0 Å². The van der Waals surface area contributed by atoms with Crippen molar-refractivity contribution >= 4 is 43.1 Å². The lowest BCUT2D eigenvalue weighted by Crippen LogP contribution is -2.16. The monoisotopic (exact) mass is 463 g/mol. The third kappa shape index (κ3) is 3.68. The number of hydrogen-bond donors (Lipinski definition) is 0. The van der Waals surface area contributed by atoms with E-state index in [0.717, 1.165) is 16.5 Å². The molecular weight excluding hydrogens is 438 g/mol. The molecule has 0 spiro atoms. The minimum atomic E-state index is -1.07. The average Bonchev–Trinajstić information content (AvgIpc) is 2.95. The van der Waals surface area contributed by atoms with E-state index < -0.39 is 5.54 Å². The molecule has 172 valence electrons. The maximum absolute atomic E-state index is 10.1. The van der Waals surface area contributed by atoms with Crippen LogP contribution < -0.4 is 0 Å². The first-order valence-electron chi connectivity index (χ1n) is 12.2. The van der Waals surface area contributed by atoms with Crippen molar-refractivity contribution in [3.63, 3.8) is 0 Å². The molecule has 3 nitrogen and oxygen atoms in total. The number of azo groups is 1. The summed E-state index contributed by atoms with van der Waals surface area (Å²) in [5.41, 5.74) is 0.849. The van der Waals surface area contributed by atoms with Gasteiger partial charge in [-0.1, -0.05) is 97.1 Å². The van der Waals surface area contributed by atoms with E-state index in [1.807, 2.05) is 19.9 Å². The van der Waals surface area contributed by atoms with Crippen LogP contribution in [0.1, 0.15) is 31.0 Å². The molecule has 6 aromatic carbocycles. The maximum Gasteiger partial charge on any atom is 0.189 e. The van der Waals surface area contributed by atoms with Gasteiger partial charge in [-0.15, -0.1) is 0 Å². The lowest BCUT2D eigenvalue weighted by molar-refractivity contribution is 0.567. The number of nitrogens with zero attached hydrogens (tertiary/aromatic N) is 3. The second kappa shape index (κ2) is 8.59. The molecule has 0 aliphatic carbocycles. The Bertz CT molecular complexity index is 1840. The van der Waals surface area contributed by atoms with Gasteiger partial charge in [0, 0.05) is 0 Å². The molecule has 0 aliphatic heterocycles. The molecule has 3 heteroatoms. The van der Waals surface area contributed by atoms with Crippen molar-refractivity contribution < 1.29 is 0 Å². The summed E-state index contributed by atoms with van der Waals surface area (Å²) in [6, 6.07) is 40.2. The molecule has 36 heavy (non-hydrogen) atoms. The second-order valence-electron chi connectivity index (χ2n) is 9.57. The first-order valence-corrected chi connectivity index (χ1v) is 12.2. The molecule has 0 fully saturated rings. The molecule has 0 aromatic heterocycles. The number of hydrogen-bond acceptors (Lipinski definition) is 3. The lowest BCUT2D eigenvalue weighted by atomic mass is 9.91. The summed E-state index contributed by atoms with van der Waals surface area (Å²) in [6.07, 6.45) is 0. The number of fused-ring (bicyclic) bond motifs is 6. The predicted octanol–water partition coefficient (Wildman–Crippen LogP) is 9.25. The standard InChI is InChI=1S/C33H25N3/c1-22(25-15-17-31-26(19-25)13-11-23-7-3-5-9-29(23)31)35-36-33(2,21-34)28-16-18-32-27(20-28)14-12-24-8-4-6-10-30(24)32/h3-20,22H,1-2H3. The molecule has 0 heterocycles. The Kier molecular flexibility index (Phi) is 5.24. The summed E-state index contributed by atoms with van der Waals surface area (Å²) >= 11 is 0. The van der Waals surface area contributed by atoms with E-state index in [0.29, 0.717) is 0 Å². The molecule has 2 unspecified atom stereocenters. The van der Waals surface area contributed by atoms with Crippen LogP contribution in [0.25, 0.3) is 43.1 Å². The molecular formula is C33H25N3. The zero-order valence-corrected chi connectivity index (χ0v) is 20.3. The van der Waals surface area contributed by atoms with E-state index in [1.165, 1.54) is 37.7 Å². The van der Waals surface area contributed by atoms with Crippen molar-refractivity contribution in [2.75, 3.05) is 0 Å². The van der Waals surface area contributed by atoms with E-state index in [1.54, 1.807) is 0 Å². The van der Waals surface area contributed by atoms with Crippen molar-refractivity contribution in [3.8, 4) is 6.07 Å². The summed E-state index contributed by atoms with van der Waals surface area (Å²) in [4.78, 5) is 0. The Labute approximate surface area is 210 Å². The molecule has 0 bridgehead atoms. The number of benzene rings is 6. The van der Waals surface area contributed by atoms with Crippen LogP contribution in [0.4, 0.5) is 0 Å². The zero-order chi connectivity index (χ0) is 24.7. The molecule has 2 atom stereocenters. The van der Waals surface area contributed by atoms with Crippen LogP contribution >= 0.6 is 0 Å². The van der Waals surface area contributed by atoms with Gasteiger partial charge >= 0.3 is 0 Å². The van der Waals surface area contributed by atoms with Gasteiger partial charge in [-0.2, -0.15) is 15.5 Å². The maximum atomic E-state index is 10.1. The van der Waals surface area contributed by atoms with E-state index in [2.05, 4.69) is 119 Å². The van der Waals surface area contributed by atoms with E-state index >= 15 is 0 Å². The van der Waals surface area contributed by atoms with Crippen LogP contribution in [0.3, 0.4) is 0 Å². The molecule has 0 radical (unpaired) electrons. The highest BCUT2D eigenvalue weighted by atomic mass is 15.2. The minimum Gasteiger partial charge on any atom is -0.195 e. The van der Waals surface area contributed by atoms with Gasteiger partial charge in [0.05, 0.1) is 12.1 Å². The molecule has 0 N–H and O–H groups in total. The van der Waals surface area contributed by atoms with Crippen LogP contribution in [0.2, 0.25) is 0 Å². The second-order valence-corrected chi connectivity index (χ2v) is 9.57. The molecule has 0 saturated heterocycles. The Morgan fingerprint density at radius 2 is 1.17 bits per heavy atom. The summed E-state index contributed by atoms with van der Waals surface area (Å²) in [5, 5.41) is 28.9. The number of rotatable bonds is 4. The fraction of sp³-hybridized carbons (Fsp3) is 0.121. The van der Waals surface area contributed by atoms with Crippen LogP contribution in [-0.4, -0.2) is 0 Å². The molecule has 0 amide bonds. The van der Waals surface area contributed by atoms with Gasteiger partial charge in [-0.25, -0.2) is 0 Å². The lowest BCUT2D eigenvalue weighted by Gasteiger charge is -2.18. The van der Waals surface area contributed by atoms with Gasteiger partial charge in [0.25, 0.3) is 0 Å². The van der Waals surface area contributed by atoms with Crippen molar-refractivity contribution in [2.45, 2.75) is 25.4 Å². The van der Waals surface area contributed by atoms with Gasteiger partial charge in [0.15, 0.2) is 5.54 Å². The van der Waals surface area contributed by atoms with Crippen LogP contribution in [0, 0.1) is 11.3 Å². The normalized spacial score (nSPS) is 14.4. The quantitative estimate of drug-likeness (QED) is 0.190. The number of nitriles is 1. The molecule has 0 saturated carbocycles. The highest BCUT2D eigenvalue weighted by molar-refractivity contribution is 6.08. The predicted molar refractivity (Wildman–Crippen MR) is 149 cm³/mol. The van der Waals surface area contributed by atoms with Gasteiger partial charge in [-0.05, 0) is 80.2 Å². The average molecular weight is 464 g/mol. The van der Waals surface area contributed by atoms with Gasteiger partial charge < -0.3 is 0 Å². The SMILES string of the molecule is CC(N=NC(C)(C#N)c1ccc2c(ccc3ccccc32)c1)c1ccc2c(ccc3ccccc32)c1. The molecule has 6 rings (SSSR count). The van der Waals surface area contributed by atoms with E-state index in [4.69, 9.17) is 0 Å². The first kappa shape index (κ1) is 21.9. The topological polar surface area (TPSA) is 48.5 Å². The Morgan fingerprint density at radius 3 is 1.81 bits per heavy atom. The summed E-state index contributed by atoms with van der Waals surface area (Å²) in [7, 11) is 0. The van der Waals surface area contributed by atoms with Crippen molar-refractivity contribution in [3.05, 3.63) is 120 Å². The Hall–Kier alpha value is -4.55. The third-order valence-corrected chi connectivity index (χ3v) is 7.21. The Morgan fingerprint density at radius 1 is 0.639 bits per heavy atom. The van der Waals surface area contributed by atoms with Crippen molar-refractivity contribution in [2.24, 2.45) is 10.2 Å². The summed E-state index contributed by atoms with van der Waals surface area (Å²) in [5.74, 6) is 0. The third-order valence-electron chi connectivity index (χ3n) is 7.21. The fourth-order valence-electron chi connectivity index (χ4n) is 5.02. The zero-order valence-electron chi connectivity index (χ0n) is 20.3. The van der Waals surface area contributed by atoms with Gasteiger partial charge in [0.1, 0.15) is 0 Å². The van der Waals surface area contributed by atoms with E-state index in [9.17, 15) is 5.26 Å². The first-order chi connectivity index (χ1) is 17.6. The summed E-state index contributed by atoms with van der Waals surface area (Å²) < 4.78 is 0. The van der Waals surface area contributed by atoms with Crippen LogP contribution in [-0.2, 0) is 5.54 Å². The highest BCUT2D eigenvalue weighted by Crippen LogP contribution is 2.33. The van der Waals surface area contributed by atoms with Gasteiger partial charge in [-0.3, -0.25) is 0 Å². The van der Waals surface area contributed by atoms with Crippen LogP contribution in [0.15, 0.2) is 119 Å². The minimum absolute atomic E-state index is 0.169. The summed E-state index contributed by atoms with van der Waals surface area (Å²) in [6.45, 7) is 3.86.